The summed E-state index contributed by atoms with van der Waals surface area (Å²) in [6.07, 6.45) is -0.100. The number of aliphatic hydroxyl groups excluding tert-OH is 2. The van der Waals surface area contributed by atoms with Crippen LogP contribution in [0.2, 0.25) is 0 Å². The number of aryl methyl sites for hydroxylation is 2. The average molecular weight is 1030 g/mol. The first kappa shape index (κ1) is 57.3. The number of amides is 8. The van der Waals surface area contributed by atoms with E-state index in [4.69, 9.17) is 0 Å². The van der Waals surface area contributed by atoms with Crippen molar-refractivity contribution in [2.45, 2.75) is 179 Å². The van der Waals surface area contributed by atoms with Crippen LogP contribution in [0.25, 0.3) is 0 Å². The third-order valence-corrected chi connectivity index (χ3v) is 15.1. The summed E-state index contributed by atoms with van der Waals surface area (Å²) < 4.78 is 0. The Hall–Kier alpha value is -5.96. The molecule has 2 aliphatic carbocycles. The molecule has 20 nitrogen and oxygen atoms in total. The van der Waals surface area contributed by atoms with Crippen LogP contribution in [0.15, 0.2) is 48.5 Å². The fourth-order valence-corrected chi connectivity index (χ4v) is 10.5. The summed E-state index contributed by atoms with van der Waals surface area (Å²) in [6, 6.07) is 7.44. The maximum atomic E-state index is 14.6. The first-order valence-corrected chi connectivity index (χ1v) is 26.1. The van der Waals surface area contributed by atoms with Crippen LogP contribution in [0.1, 0.15) is 128 Å². The van der Waals surface area contributed by atoms with E-state index in [1.54, 1.807) is 69.5 Å². The van der Waals surface area contributed by atoms with Gasteiger partial charge in [-0.15, -0.1) is 0 Å². The van der Waals surface area contributed by atoms with Crippen LogP contribution in [0.3, 0.4) is 0 Å². The van der Waals surface area contributed by atoms with Crippen molar-refractivity contribution in [1.82, 2.24) is 52.3 Å². The van der Waals surface area contributed by atoms with E-state index in [1.165, 1.54) is 9.80 Å². The highest BCUT2D eigenvalue weighted by Gasteiger charge is 2.49. The summed E-state index contributed by atoms with van der Waals surface area (Å²) in [7, 11) is 3.23. The van der Waals surface area contributed by atoms with Crippen LogP contribution in [-0.4, -0.2) is 155 Å². The number of likely N-dealkylation sites (tertiary alicyclic amines) is 2. The van der Waals surface area contributed by atoms with Gasteiger partial charge in [0.05, 0.1) is 24.2 Å². The smallest absolute Gasteiger partial charge is 0.252 e. The predicted molar refractivity (Wildman–Crippen MR) is 276 cm³/mol. The van der Waals surface area contributed by atoms with Gasteiger partial charge in [-0.3, -0.25) is 38.4 Å². The van der Waals surface area contributed by atoms with E-state index in [0.29, 0.717) is 12.8 Å². The quantitative estimate of drug-likeness (QED) is 0.104. The lowest BCUT2D eigenvalue weighted by molar-refractivity contribution is -0.147. The number of likely N-dealkylation sites (N-methyl/N-ethyl adjacent to an activating group) is 2. The van der Waals surface area contributed by atoms with Crippen LogP contribution in [-0.2, 0) is 51.2 Å². The zero-order chi connectivity index (χ0) is 54.4. The third-order valence-electron chi connectivity index (χ3n) is 15.1. The molecule has 0 radical (unpaired) electrons. The maximum Gasteiger partial charge on any atom is 0.252 e. The number of benzene rings is 2. The lowest BCUT2D eigenvalue weighted by atomic mass is 9.85. The maximum absolute atomic E-state index is 14.6. The van der Waals surface area contributed by atoms with Gasteiger partial charge in [-0.2, -0.15) is 0 Å². The Morgan fingerprint density at radius 1 is 0.541 bits per heavy atom. The molecule has 20 heteroatoms. The normalized spacial score (nSPS) is 24.1. The molecule has 0 spiro atoms. The highest BCUT2D eigenvalue weighted by molar-refractivity contribution is 5.96. The second kappa shape index (κ2) is 24.1. The lowest BCUT2D eigenvalue weighted by Gasteiger charge is -2.36. The predicted octanol–water partition coefficient (Wildman–Crippen LogP) is 0.545. The molecule has 2 aliphatic heterocycles. The van der Waals surface area contributed by atoms with E-state index in [-0.39, 0.29) is 38.0 Å². The SMILES string of the molecule is CN[C@@H](C)C(=O)N[C@H](C(=O)N1C[C@@H](NC(=O)[C@H](O)[C@@H](O)C(=O)N[C@H]2C[C@@H](C(=O)N[C@@H]3CCCc4ccccc43)N(C(=O)[C@@H](NC(=O)[C@H](C)NC)C(C)(C)C)C2)C[C@H]1C(=O)N[C@@H]1CCCc2ccccc21)C(C)(C)C. The van der Waals surface area contributed by atoms with Crippen LogP contribution < -0.4 is 42.5 Å². The number of carbonyl (C=O) groups excluding carboxylic acids is 8. The van der Waals surface area contributed by atoms with Gasteiger partial charge >= 0.3 is 0 Å². The number of hydrogen-bond acceptors (Lipinski definition) is 12. The largest absolute Gasteiger partial charge is 0.380 e. The van der Waals surface area contributed by atoms with E-state index in [9.17, 15) is 48.6 Å². The van der Waals surface area contributed by atoms with Gasteiger partial charge in [0.1, 0.15) is 24.2 Å². The van der Waals surface area contributed by atoms with E-state index in [2.05, 4.69) is 42.5 Å². The summed E-state index contributed by atoms with van der Waals surface area (Å²) in [4.78, 5) is 115. The van der Waals surface area contributed by atoms with Crippen molar-refractivity contribution in [3.05, 3.63) is 70.8 Å². The first-order chi connectivity index (χ1) is 34.8. The van der Waals surface area contributed by atoms with Crippen LogP contribution in [0.5, 0.6) is 0 Å². The fraction of sp³-hybridized carbons (Fsp3) is 0.630. The molecule has 2 heterocycles. The van der Waals surface area contributed by atoms with Crippen LogP contribution in [0.4, 0.5) is 0 Å². The monoisotopic (exact) mass is 1030 g/mol. The minimum absolute atomic E-state index is 0.0872. The lowest BCUT2D eigenvalue weighted by Crippen LogP contribution is -2.60. The highest BCUT2D eigenvalue weighted by Crippen LogP contribution is 2.34. The molecule has 6 rings (SSSR count). The second-order valence-electron chi connectivity index (χ2n) is 22.7. The van der Waals surface area contributed by atoms with Gasteiger partial charge in [-0.05, 0) is 112 Å². The van der Waals surface area contributed by atoms with Gasteiger partial charge < -0.3 is 62.5 Å². The zero-order valence-electron chi connectivity index (χ0n) is 44.7. The van der Waals surface area contributed by atoms with E-state index >= 15 is 0 Å². The van der Waals surface area contributed by atoms with Crippen molar-refractivity contribution in [2.24, 2.45) is 10.8 Å². The molecular formula is C54H80N10O10. The van der Waals surface area contributed by atoms with Crippen LogP contribution in [0, 0.1) is 10.8 Å². The van der Waals surface area contributed by atoms with Gasteiger partial charge in [0.25, 0.3) is 11.8 Å². The van der Waals surface area contributed by atoms with Gasteiger partial charge in [-0.25, -0.2) is 0 Å². The molecular weight excluding hydrogens is 949 g/mol. The number of hydrogen-bond donors (Lipinski definition) is 10. The van der Waals surface area contributed by atoms with Gasteiger partial charge in [0, 0.05) is 25.2 Å². The molecule has 74 heavy (non-hydrogen) atoms. The highest BCUT2D eigenvalue weighted by atomic mass is 16.3. The first-order valence-electron chi connectivity index (χ1n) is 26.1. The molecule has 0 saturated carbocycles. The number of carbonyl (C=O) groups is 8. The topological polar surface area (TPSA) is 280 Å². The van der Waals surface area contributed by atoms with E-state index < -0.39 is 119 Å². The van der Waals surface area contributed by atoms with Crippen LogP contribution >= 0.6 is 0 Å². The Kier molecular flexibility index (Phi) is 18.7. The van der Waals surface area contributed by atoms with Crippen molar-refractivity contribution in [3.8, 4) is 0 Å². The van der Waals surface area contributed by atoms with Gasteiger partial charge in [0.15, 0.2) is 12.2 Å². The molecule has 2 saturated heterocycles. The van der Waals surface area contributed by atoms with E-state index in [0.717, 1.165) is 47.9 Å². The number of aliphatic hydroxyl groups is 2. The van der Waals surface area contributed by atoms with Gasteiger partial charge in [-0.1, -0.05) is 90.1 Å². The third kappa shape index (κ3) is 13.5. The van der Waals surface area contributed by atoms with Crippen molar-refractivity contribution < 1.29 is 48.6 Å². The second-order valence-corrected chi connectivity index (χ2v) is 22.7. The fourth-order valence-electron chi connectivity index (χ4n) is 10.5. The summed E-state index contributed by atoms with van der Waals surface area (Å²) in [6.45, 7) is 13.6. The molecule has 2 aromatic rings. The molecule has 2 aromatic carbocycles. The molecule has 0 aromatic heterocycles. The Balaban J connectivity index is 1.18. The number of nitrogens with zero attached hydrogens (tertiary/aromatic N) is 2. The zero-order valence-corrected chi connectivity index (χ0v) is 44.7. The van der Waals surface area contributed by atoms with Crippen molar-refractivity contribution in [1.29, 1.82) is 0 Å². The average Bonchev–Trinajstić information content (AvgIpc) is 4.00. The standard InChI is InChI=1S/C54H80N10O10/c1-29(55-9)45(67)61-43(53(3,4)5)51(73)63-27-33(25-39(63)47(69)59-37-23-15-19-31-17-11-13-21-35(31)37)57-49(71)41(65)42(66)50(72)58-34-26-40(48(70)60-38-24-16-20-32-18-12-14-22-36(32)38)64(28-34)52(74)44(54(6,7)8)62-46(68)30(2)56-10/h11-14,17-18,21-22,29-30,33-34,37-44,55-56,65-66H,15-16,19-20,23-28H2,1-10H3,(H,57,71)(H,58,72)(H,59,69)(H,60,70)(H,61,67)(H,62,68)/t29-,30-,33-,34-,37+,38+,39-,40-,41+,42+,43+,44+/m0/s1. The van der Waals surface area contributed by atoms with Gasteiger partial charge in [0.2, 0.25) is 35.4 Å². The summed E-state index contributed by atoms with van der Waals surface area (Å²) in [5, 5.41) is 45.5. The summed E-state index contributed by atoms with van der Waals surface area (Å²) in [5.41, 5.74) is 2.54. The Bertz CT molecular complexity index is 2240. The molecule has 0 bridgehead atoms. The van der Waals surface area contributed by atoms with Crippen molar-refractivity contribution >= 4 is 47.3 Å². The number of fused-ring (bicyclic) bond motifs is 2. The van der Waals surface area contributed by atoms with Crippen molar-refractivity contribution in [2.75, 3.05) is 27.2 Å². The molecule has 10 N–H and O–H groups in total. The summed E-state index contributed by atoms with van der Waals surface area (Å²) >= 11 is 0. The minimum atomic E-state index is -2.32. The number of nitrogens with one attached hydrogen (secondary N) is 8. The Morgan fingerprint density at radius 3 is 1.23 bits per heavy atom. The molecule has 12 atom stereocenters. The Morgan fingerprint density at radius 2 is 0.892 bits per heavy atom. The molecule has 406 valence electrons. The van der Waals surface area contributed by atoms with E-state index in [1.807, 2.05) is 48.5 Å². The molecule has 8 amide bonds. The van der Waals surface area contributed by atoms with Crippen molar-refractivity contribution in [3.63, 3.8) is 0 Å². The molecule has 2 fully saturated rings. The Labute approximate surface area is 435 Å². The summed E-state index contributed by atoms with van der Waals surface area (Å²) in [5.74, 6) is -5.22. The number of rotatable bonds is 17. The minimum Gasteiger partial charge on any atom is -0.380 e. The molecule has 0 unspecified atom stereocenters. The molecule has 4 aliphatic rings.